The minimum atomic E-state index is -0.160. The van der Waals surface area contributed by atoms with Gasteiger partial charge in [-0.25, -0.2) is 4.39 Å². The highest BCUT2D eigenvalue weighted by molar-refractivity contribution is 5.58. The third-order valence-electron chi connectivity index (χ3n) is 3.84. The Kier molecular flexibility index (Phi) is 3.74. The molecule has 0 saturated heterocycles. The minimum Gasteiger partial charge on any atom is -0.468 e. The molecule has 0 bridgehead atoms. The number of benzene rings is 1. The molecule has 0 radical (unpaired) electrons. The molecule has 2 aromatic rings. The highest BCUT2D eigenvalue weighted by Crippen LogP contribution is 2.28. The largest absolute Gasteiger partial charge is 0.468 e. The summed E-state index contributed by atoms with van der Waals surface area (Å²) in [5.41, 5.74) is 2.28. The van der Waals surface area contributed by atoms with E-state index in [1.54, 1.807) is 18.4 Å². The molecule has 1 aromatic heterocycles. The number of hydrogen-bond acceptors (Lipinski definition) is 3. The lowest BCUT2D eigenvalue weighted by Gasteiger charge is -2.21. The SMILES string of the molecule is CC(NCCN1CCc2ccc(F)cc21)c1ccco1. The number of rotatable bonds is 5. The van der Waals surface area contributed by atoms with Crippen LogP contribution in [-0.2, 0) is 6.42 Å². The molecule has 4 heteroatoms. The number of furan rings is 1. The summed E-state index contributed by atoms with van der Waals surface area (Å²) in [4.78, 5) is 2.24. The van der Waals surface area contributed by atoms with E-state index in [2.05, 4.69) is 17.1 Å². The summed E-state index contributed by atoms with van der Waals surface area (Å²) in [5, 5.41) is 3.43. The molecule has 0 saturated carbocycles. The van der Waals surface area contributed by atoms with E-state index in [0.717, 1.165) is 37.5 Å². The predicted molar refractivity (Wildman–Crippen MR) is 77.4 cm³/mol. The average molecular weight is 274 g/mol. The summed E-state index contributed by atoms with van der Waals surface area (Å²) in [6.45, 7) is 4.77. The van der Waals surface area contributed by atoms with Gasteiger partial charge in [0.05, 0.1) is 12.3 Å². The van der Waals surface area contributed by atoms with Gasteiger partial charge < -0.3 is 14.6 Å². The van der Waals surface area contributed by atoms with E-state index >= 15 is 0 Å². The molecule has 1 aromatic carbocycles. The van der Waals surface area contributed by atoms with Gasteiger partial charge >= 0.3 is 0 Å². The van der Waals surface area contributed by atoms with Crippen molar-refractivity contribution in [2.45, 2.75) is 19.4 Å². The highest BCUT2D eigenvalue weighted by atomic mass is 19.1. The van der Waals surface area contributed by atoms with Gasteiger partial charge in [-0.2, -0.15) is 0 Å². The second kappa shape index (κ2) is 5.67. The zero-order valence-corrected chi connectivity index (χ0v) is 11.6. The van der Waals surface area contributed by atoms with Crippen molar-refractivity contribution in [3.8, 4) is 0 Å². The van der Waals surface area contributed by atoms with Gasteiger partial charge in [0, 0.05) is 25.3 Å². The first-order valence-electron chi connectivity index (χ1n) is 7.04. The van der Waals surface area contributed by atoms with E-state index in [1.165, 1.54) is 5.56 Å². The van der Waals surface area contributed by atoms with E-state index < -0.39 is 0 Å². The van der Waals surface area contributed by atoms with E-state index in [1.807, 2.05) is 18.2 Å². The molecular formula is C16H19FN2O. The molecule has 0 fully saturated rings. The first-order chi connectivity index (χ1) is 9.74. The lowest BCUT2D eigenvalue weighted by atomic mass is 10.2. The fourth-order valence-electron chi connectivity index (χ4n) is 2.71. The van der Waals surface area contributed by atoms with Gasteiger partial charge in [0.2, 0.25) is 0 Å². The molecule has 106 valence electrons. The summed E-state index contributed by atoms with van der Waals surface area (Å²) in [6, 6.07) is 9.13. The molecular weight excluding hydrogens is 255 g/mol. The molecule has 0 aliphatic carbocycles. The van der Waals surface area contributed by atoms with Crippen LogP contribution in [0.15, 0.2) is 41.0 Å². The van der Waals surface area contributed by atoms with Gasteiger partial charge in [0.15, 0.2) is 0 Å². The van der Waals surface area contributed by atoms with Gasteiger partial charge in [0.1, 0.15) is 11.6 Å². The van der Waals surface area contributed by atoms with Crippen LogP contribution in [0, 0.1) is 5.82 Å². The van der Waals surface area contributed by atoms with Gasteiger partial charge in [-0.1, -0.05) is 6.07 Å². The Balaban J connectivity index is 1.54. The Labute approximate surface area is 118 Å². The lowest BCUT2D eigenvalue weighted by Crippen LogP contribution is -2.32. The fraction of sp³-hybridized carbons (Fsp3) is 0.375. The van der Waals surface area contributed by atoms with Crippen LogP contribution in [0.25, 0.3) is 0 Å². The normalized spacial score (nSPS) is 15.4. The zero-order chi connectivity index (χ0) is 13.9. The third-order valence-corrected chi connectivity index (χ3v) is 3.84. The Hall–Kier alpha value is -1.81. The van der Waals surface area contributed by atoms with Crippen LogP contribution in [0.4, 0.5) is 10.1 Å². The van der Waals surface area contributed by atoms with Crippen LogP contribution in [0.1, 0.15) is 24.3 Å². The van der Waals surface area contributed by atoms with Gasteiger partial charge in [0.25, 0.3) is 0 Å². The van der Waals surface area contributed by atoms with Crippen LogP contribution in [0.5, 0.6) is 0 Å². The fourth-order valence-corrected chi connectivity index (χ4v) is 2.71. The number of fused-ring (bicyclic) bond motifs is 1. The van der Waals surface area contributed by atoms with E-state index in [0.29, 0.717) is 0 Å². The van der Waals surface area contributed by atoms with Crippen molar-refractivity contribution in [3.05, 3.63) is 53.7 Å². The maximum atomic E-state index is 13.3. The Morgan fingerprint density at radius 3 is 3.10 bits per heavy atom. The molecule has 3 rings (SSSR count). The minimum absolute atomic E-state index is 0.160. The molecule has 1 unspecified atom stereocenters. The van der Waals surface area contributed by atoms with Crippen molar-refractivity contribution in [3.63, 3.8) is 0 Å². The Bertz CT molecular complexity index is 568. The first-order valence-corrected chi connectivity index (χ1v) is 7.04. The molecule has 1 aliphatic heterocycles. The number of hydrogen-bond donors (Lipinski definition) is 1. The molecule has 0 spiro atoms. The molecule has 20 heavy (non-hydrogen) atoms. The summed E-state index contributed by atoms with van der Waals surface area (Å²) in [6.07, 6.45) is 2.69. The first kappa shape index (κ1) is 13.2. The van der Waals surface area contributed by atoms with E-state index in [9.17, 15) is 4.39 Å². The molecule has 3 nitrogen and oxygen atoms in total. The van der Waals surface area contributed by atoms with Crippen molar-refractivity contribution in [1.29, 1.82) is 0 Å². The van der Waals surface area contributed by atoms with Gasteiger partial charge in [-0.15, -0.1) is 0 Å². The number of nitrogens with zero attached hydrogens (tertiary/aromatic N) is 1. The molecule has 1 atom stereocenters. The average Bonchev–Trinajstić information content (AvgIpc) is 3.08. The van der Waals surface area contributed by atoms with Crippen LogP contribution < -0.4 is 10.2 Å². The van der Waals surface area contributed by atoms with Crippen molar-refractivity contribution in [1.82, 2.24) is 5.32 Å². The van der Waals surface area contributed by atoms with Crippen molar-refractivity contribution in [2.24, 2.45) is 0 Å². The Morgan fingerprint density at radius 2 is 2.30 bits per heavy atom. The van der Waals surface area contributed by atoms with Crippen molar-refractivity contribution in [2.75, 3.05) is 24.5 Å². The summed E-state index contributed by atoms with van der Waals surface area (Å²) in [5.74, 6) is 0.783. The second-order valence-corrected chi connectivity index (χ2v) is 5.20. The van der Waals surface area contributed by atoms with Crippen LogP contribution in [0.2, 0.25) is 0 Å². The zero-order valence-electron chi connectivity index (χ0n) is 11.6. The molecule has 0 amide bonds. The monoisotopic (exact) mass is 274 g/mol. The molecule has 1 N–H and O–H groups in total. The smallest absolute Gasteiger partial charge is 0.125 e. The van der Waals surface area contributed by atoms with Crippen LogP contribution in [-0.4, -0.2) is 19.6 Å². The maximum Gasteiger partial charge on any atom is 0.125 e. The predicted octanol–water partition coefficient (Wildman–Crippen LogP) is 3.13. The summed E-state index contributed by atoms with van der Waals surface area (Å²) in [7, 11) is 0. The number of anilines is 1. The maximum absolute atomic E-state index is 13.3. The van der Waals surface area contributed by atoms with Crippen LogP contribution >= 0.6 is 0 Å². The topological polar surface area (TPSA) is 28.4 Å². The molecule has 2 heterocycles. The molecule has 1 aliphatic rings. The lowest BCUT2D eigenvalue weighted by molar-refractivity contribution is 0.433. The second-order valence-electron chi connectivity index (χ2n) is 5.20. The highest BCUT2D eigenvalue weighted by Gasteiger charge is 2.19. The third kappa shape index (κ3) is 2.70. The standard InChI is InChI=1S/C16H19FN2O/c1-12(16-3-2-10-20-16)18-7-9-19-8-6-13-4-5-14(17)11-15(13)19/h2-5,10-12,18H,6-9H2,1H3. The number of halogens is 1. The number of nitrogens with one attached hydrogen (secondary N) is 1. The summed E-state index contributed by atoms with van der Waals surface area (Å²) >= 11 is 0. The quantitative estimate of drug-likeness (QED) is 0.908. The van der Waals surface area contributed by atoms with Crippen LogP contribution in [0.3, 0.4) is 0 Å². The van der Waals surface area contributed by atoms with E-state index in [-0.39, 0.29) is 11.9 Å². The van der Waals surface area contributed by atoms with Crippen molar-refractivity contribution < 1.29 is 8.81 Å². The van der Waals surface area contributed by atoms with Gasteiger partial charge in [-0.05, 0) is 43.2 Å². The van der Waals surface area contributed by atoms with E-state index in [4.69, 9.17) is 4.42 Å². The van der Waals surface area contributed by atoms with Gasteiger partial charge in [-0.3, -0.25) is 0 Å². The Morgan fingerprint density at radius 1 is 1.40 bits per heavy atom. The van der Waals surface area contributed by atoms with Crippen molar-refractivity contribution >= 4 is 5.69 Å². The summed E-state index contributed by atoms with van der Waals surface area (Å²) < 4.78 is 18.7.